The highest BCUT2D eigenvalue weighted by Crippen LogP contribution is 2.17. The zero-order valence-corrected chi connectivity index (χ0v) is 15.0. The van der Waals surface area contributed by atoms with Crippen molar-refractivity contribution in [2.75, 3.05) is 26.2 Å². The van der Waals surface area contributed by atoms with Crippen molar-refractivity contribution in [3.63, 3.8) is 0 Å². The SMILES string of the molecule is CCc1nc2ccc(Br)cn2c1C(=O)NCCN(CC)CC. The van der Waals surface area contributed by atoms with E-state index in [0.29, 0.717) is 12.2 Å². The molecule has 0 aromatic carbocycles. The number of hydrogen-bond donors (Lipinski definition) is 1. The third kappa shape index (κ3) is 3.67. The molecule has 2 aromatic rings. The fourth-order valence-corrected chi connectivity index (χ4v) is 2.84. The number of hydrogen-bond acceptors (Lipinski definition) is 3. The highest BCUT2D eigenvalue weighted by atomic mass is 79.9. The lowest BCUT2D eigenvalue weighted by atomic mass is 10.2. The molecule has 0 atom stereocenters. The molecular formula is C16H23BrN4O. The maximum atomic E-state index is 12.6. The van der Waals surface area contributed by atoms with Gasteiger partial charge >= 0.3 is 0 Å². The average Bonchev–Trinajstić information content (AvgIpc) is 2.89. The van der Waals surface area contributed by atoms with Crippen molar-refractivity contribution in [3.05, 3.63) is 34.2 Å². The van der Waals surface area contributed by atoms with E-state index in [1.54, 1.807) is 0 Å². The molecule has 0 bridgehead atoms. The van der Waals surface area contributed by atoms with E-state index in [-0.39, 0.29) is 5.91 Å². The molecule has 0 aliphatic carbocycles. The van der Waals surface area contributed by atoms with Crippen molar-refractivity contribution in [3.8, 4) is 0 Å². The van der Waals surface area contributed by atoms with Gasteiger partial charge in [0.15, 0.2) is 0 Å². The second-order valence-corrected chi connectivity index (χ2v) is 6.03. The van der Waals surface area contributed by atoms with Crippen molar-refractivity contribution in [2.45, 2.75) is 27.2 Å². The van der Waals surface area contributed by atoms with Gasteiger partial charge in [0.05, 0.1) is 5.69 Å². The second-order valence-electron chi connectivity index (χ2n) is 5.12. The molecule has 0 aliphatic rings. The molecule has 1 amide bonds. The Kier molecular flexibility index (Phi) is 5.97. The number of likely N-dealkylation sites (N-methyl/N-ethyl adjacent to an activating group) is 1. The molecule has 0 saturated carbocycles. The van der Waals surface area contributed by atoms with Crippen molar-refractivity contribution in [1.82, 2.24) is 19.6 Å². The predicted octanol–water partition coefficient (Wildman–Crippen LogP) is 2.73. The van der Waals surface area contributed by atoms with Crippen LogP contribution in [0.2, 0.25) is 0 Å². The smallest absolute Gasteiger partial charge is 0.270 e. The van der Waals surface area contributed by atoms with Gasteiger partial charge in [0.1, 0.15) is 11.3 Å². The van der Waals surface area contributed by atoms with Crippen LogP contribution in [0.25, 0.3) is 5.65 Å². The summed E-state index contributed by atoms with van der Waals surface area (Å²) in [6, 6.07) is 3.85. The molecule has 120 valence electrons. The van der Waals surface area contributed by atoms with Crippen LogP contribution in [0.4, 0.5) is 0 Å². The van der Waals surface area contributed by atoms with Crippen LogP contribution in [0.5, 0.6) is 0 Å². The van der Waals surface area contributed by atoms with Gasteiger partial charge in [-0.25, -0.2) is 4.98 Å². The van der Waals surface area contributed by atoms with Gasteiger partial charge in [0.25, 0.3) is 5.91 Å². The Morgan fingerprint density at radius 1 is 1.32 bits per heavy atom. The number of nitrogens with one attached hydrogen (secondary N) is 1. The van der Waals surface area contributed by atoms with E-state index in [1.165, 1.54) is 0 Å². The van der Waals surface area contributed by atoms with E-state index in [2.05, 4.69) is 45.0 Å². The van der Waals surface area contributed by atoms with E-state index >= 15 is 0 Å². The maximum absolute atomic E-state index is 12.6. The highest BCUT2D eigenvalue weighted by molar-refractivity contribution is 9.10. The van der Waals surface area contributed by atoms with Gasteiger partial charge in [-0.3, -0.25) is 9.20 Å². The normalized spacial score (nSPS) is 11.3. The fraction of sp³-hybridized carbons (Fsp3) is 0.500. The summed E-state index contributed by atoms with van der Waals surface area (Å²) in [5.74, 6) is -0.0605. The number of amides is 1. The maximum Gasteiger partial charge on any atom is 0.270 e. The average molecular weight is 367 g/mol. The summed E-state index contributed by atoms with van der Waals surface area (Å²) >= 11 is 3.45. The molecule has 5 nitrogen and oxygen atoms in total. The number of aromatic nitrogens is 2. The van der Waals surface area contributed by atoms with Crippen LogP contribution in [0.3, 0.4) is 0 Å². The topological polar surface area (TPSA) is 49.6 Å². The quantitative estimate of drug-likeness (QED) is 0.819. The molecule has 2 aromatic heterocycles. The lowest BCUT2D eigenvalue weighted by molar-refractivity contribution is 0.0942. The Balaban J connectivity index is 2.18. The molecule has 0 unspecified atom stereocenters. The first-order valence-corrected chi connectivity index (χ1v) is 8.57. The van der Waals surface area contributed by atoms with Crippen molar-refractivity contribution in [2.24, 2.45) is 0 Å². The number of halogens is 1. The van der Waals surface area contributed by atoms with Crippen molar-refractivity contribution in [1.29, 1.82) is 0 Å². The van der Waals surface area contributed by atoms with Gasteiger partial charge in [-0.2, -0.15) is 0 Å². The summed E-state index contributed by atoms with van der Waals surface area (Å²) in [4.78, 5) is 19.4. The van der Waals surface area contributed by atoms with Crippen molar-refractivity contribution >= 4 is 27.5 Å². The Hall–Kier alpha value is -1.40. The lowest BCUT2D eigenvalue weighted by Gasteiger charge is -2.18. The molecule has 0 spiro atoms. The van der Waals surface area contributed by atoms with Gasteiger partial charge in [-0.05, 0) is 47.6 Å². The van der Waals surface area contributed by atoms with Gasteiger partial charge < -0.3 is 10.2 Å². The number of aryl methyl sites for hydroxylation is 1. The molecule has 0 aliphatic heterocycles. The van der Waals surface area contributed by atoms with E-state index in [9.17, 15) is 4.79 Å². The third-order valence-electron chi connectivity index (χ3n) is 3.81. The summed E-state index contributed by atoms with van der Waals surface area (Å²) in [6.45, 7) is 9.77. The number of carbonyl (C=O) groups excluding carboxylic acids is 1. The Labute approximate surface area is 139 Å². The molecule has 0 saturated heterocycles. The van der Waals surface area contributed by atoms with Crippen LogP contribution in [0, 0.1) is 0 Å². The summed E-state index contributed by atoms with van der Waals surface area (Å²) in [5.41, 5.74) is 2.27. The van der Waals surface area contributed by atoms with Crippen LogP contribution in [-0.4, -0.2) is 46.4 Å². The van der Waals surface area contributed by atoms with Crippen LogP contribution < -0.4 is 5.32 Å². The monoisotopic (exact) mass is 366 g/mol. The molecule has 1 N–H and O–H groups in total. The van der Waals surface area contributed by atoms with Crippen LogP contribution >= 0.6 is 15.9 Å². The third-order valence-corrected chi connectivity index (χ3v) is 4.28. The van der Waals surface area contributed by atoms with E-state index in [0.717, 1.165) is 41.9 Å². The number of nitrogens with zero attached hydrogens (tertiary/aromatic N) is 3. The molecule has 22 heavy (non-hydrogen) atoms. The number of rotatable bonds is 7. The zero-order chi connectivity index (χ0) is 16.1. The van der Waals surface area contributed by atoms with Gasteiger partial charge in [-0.15, -0.1) is 0 Å². The molecule has 2 rings (SSSR count). The van der Waals surface area contributed by atoms with Crippen LogP contribution in [0.1, 0.15) is 37.0 Å². The van der Waals surface area contributed by atoms with E-state index in [1.807, 2.05) is 29.7 Å². The van der Waals surface area contributed by atoms with Gasteiger partial charge in [-0.1, -0.05) is 20.8 Å². The first kappa shape index (κ1) is 17.0. The molecule has 6 heteroatoms. The lowest BCUT2D eigenvalue weighted by Crippen LogP contribution is -2.35. The first-order valence-electron chi connectivity index (χ1n) is 7.77. The molecule has 0 fully saturated rings. The van der Waals surface area contributed by atoms with Gasteiger partial charge in [0, 0.05) is 23.8 Å². The molecular weight excluding hydrogens is 344 g/mol. The standard InChI is InChI=1S/C16H23BrN4O/c1-4-13-15(16(22)18-9-10-20(5-2)6-3)21-11-12(17)7-8-14(21)19-13/h7-8,11H,4-6,9-10H2,1-3H3,(H,18,22). The van der Waals surface area contributed by atoms with Crippen LogP contribution in [0.15, 0.2) is 22.8 Å². The summed E-state index contributed by atoms with van der Waals surface area (Å²) < 4.78 is 2.78. The molecule has 0 radical (unpaired) electrons. The van der Waals surface area contributed by atoms with E-state index in [4.69, 9.17) is 0 Å². The number of pyridine rings is 1. The molecule has 2 heterocycles. The highest BCUT2D eigenvalue weighted by Gasteiger charge is 2.18. The van der Waals surface area contributed by atoms with Crippen molar-refractivity contribution < 1.29 is 4.79 Å². The number of fused-ring (bicyclic) bond motifs is 1. The summed E-state index contributed by atoms with van der Waals surface area (Å²) in [6.07, 6.45) is 2.62. The first-order chi connectivity index (χ1) is 10.6. The Morgan fingerprint density at radius 2 is 2.05 bits per heavy atom. The number of carbonyl (C=O) groups is 1. The Bertz CT molecular complexity index is 649. The fourth-order valence-electron chi connectivity index (χ4n) is 2.51. The predicted molar refractivity (Wildman–Crippen MR) is 92.4 cm³/mol. The minimum absolute atomic E-state index is 0.0605. The summed E-state index contributed by atoms with van der Waals surface area (Å²) in [7, 11) is 0. The zero-order valence-electron chi connectivity index (χ0n) is 13.4. The minimum atomic E-state index is -0.0605. The largest absolute Gasteiger partial charge is 0.349 e. The van der Waals surface area contributed by atoms with Gasteiger partial charge in [0.2, 0.25) is 0 Å². The van der Waals surface area contributed by atoms with Crippen LogP contribution in [-0.2, 0) is 6.42 Å². The Morgan fingerprint density at radius 3 is 2.68 bits per heavy atom. The summed E-state index contributed by atoms with van der Waals surface area (Å²) in [5, 5.41) is 3.01. The number of imidazole rings is 1. The minimum Gasteiger partial charge on any atom is -0.349 e. The second kappa shape index (κ2) is 7.74. The van der Waals surface area contributed by atoms with E-state index < -0.39 is 0 Å².